The first-order chi connectivity index (χ1) is 10.5. The van der Waals surface area contributed by atoms with Crippen LogP contribution in [0.15, 0.2) is 18.2 Å². The van der Waals surface area contributed by atoms with Gasteiger partial charge in [-0.25, -0.2) is 8.78 Å². The molecule has 4 nitrogen and oxygen atoms in total. The Hall–Kier alpha value is -1.53. The molecule has 1 aliphatic heterocycles. The zero-order valence-corrected chi connectivity index (χ0v) is 12.8. The maximum absolute atomic E-state index is 13.9. The van der Waals surface area contributed by atoms with Crippen molar-refractivity contribution in [2.24, 2.45) is 11.7 Å². The first kappa shape index (κ1) is 16.8. The van der Waals surface area contributed by atoms with Crippen molar-refractivity contribution >= 4 is 5.91 Å². The van der Waals surface area contributed by atoms with Crippen molar-refractivity contribution in [1.82, 2.24) is 10.2 Å². The Morgan fingerprint density at radius 2 is 2.27 bits per heavy atom. The van der Waals surface area contributed by atoms with E-state index in [4.69, 9.17) is 5.73 Å². The lowest BCUT2D eigenvalue weighted by Crippen LogP contribution is -2.44. The number of amides is 1. The van der Waals surface area contributed by atoms with Gasteiger partial charge in [0, 0.05) is 31.2 Å². The zero-order chi connectivity index (χ0) is 16.1. The Balaban J connectivity index is 2.05. The maximum Gasteiger partial charge on any atom is 0.224 e. The number of halogens is 2. The molecule has 1 aliphatic rings. The quantitative estimate of drug-likeness (QED) is 0.872. The van der Waals surface area contributed by atoms with Crippen molar-refractivity contribution in [3.8, 4) is 0 Å². The van der Waals surface area contributed by atoms with Crippen LogP contribution < -0.4 is 11.1 Å². The molecule has 6 heteroatoms. The van der Waals surface area contributed by atoms with E-state index < -0.39 is 11.6 Å². The highest BCUT2D eigenvalue weighted by molar-refractivity contribution is 5.78. The van der Waals surface area contributed by atoms with Crippen LogP contribution in [-0.4, -0.2) is 37.0 Å². The topological polar surface area (TPSA) is 58.4 Å². The number of carbonyl (C=O) groups is 1. The predicted octanol–water partition coefficient (Wildman–Crippen LogP) is 1.81. The van der Waals surface area contributed by atoms with Crippen LogP contribution in [0.4, 0.5) is 8.78 Å². The van der Waals surface area contributed by atoms with Crippen LogP contribution in [-0.2, 0) is 4.79 Å². The number of nitrogens with two attached hydrogens (primary N) is 1. The third-order valence-electron chi connectivity index (χ3n) is 4.22. The van der Waals surface area contributed by atoms with Gasteiger partial charge in [0.2, 0.25) is 5.91 Å². The summed E-state index contributed by atoms with van der Waals surface area (Å²) in [4.78, 5) is 14.1. The molecule has 122 valence electrons. The molecular weight excluding hydrogens is 288 g/mol. The van der Waals surface area contributed by atoms with Crippen molar-refractivity contribution in [2.75, 3.05) is 26.2 Å². The fraction of sp³-hybridized carbons (Fsp3) is 0.562. The first-order valence-electron chi connectivity index (χ1n) is 7.69. The highest BCUT2D eigenvalue weighted by Gasteiger charge is 2.29. The summed E-state index contributed by atoms with van der Waals surface area (Å²) < 4.78 is 27.3. The number of nitrogens with one attached hydrogen (secondary N) is 1. The number of rotatable bonds is 5. The van der Waals surface area contributed by atoms with Crippen molar-refractivity contribution in [3.63, 3.8) is 0 Å². The Morgan fingerprint density at radius 3 is 3.00 bits per heavy atom. The van der Waals surface area contributed by atoms with Crippen LogP contribution in [0.2, 0.25) is 0 Å². The van der Waals surface area contributed by atoms with Gasteiger partial charge in [-0.15, -0.1) is 0 Å². The summed E-state index contributed by atoms with van der Waals surface area (Å²) in [6, 6.07) is 3.24. The van der Waals surface area contributed by atoms with Crippen molar-refractivity contribution in [3.05, 3.63) is 35.4 Å². The molecule has 0 saturated carbocycles. The Bertz CT molecular complexity index is 524. The minimum atomic E-state index is -0.447. The second-order valence-corrected chi connectivity index (χ2v) is 5.76. The van der Waals surface area contributed by atoms with Crippen LogP contribution in [0.1, 0.15) is 31.4 Å². The number of piperidine rings is 1. The molecule has 1 heterocycles. The molecule has 0 bridgehead atoms. The van der Waals surface area contributed by atoms with Gasteiger partial charge in [0.15, 0.2) is 0 Å². The van der Waals surface area contributed by atoms with Crippen LogP contribution in [0.25, 0.3) is 0 Å². The van der Waals surface area contributed by atoms with E-state index in [9.17, 15) is 13.6 Å². The number of hydrogen-bond acceptors (Lipinski definition) is 3. The molecule has 0 aliphatic carbocycles. The number of likely N-dealkylation sites (tertiary alicyclic amines) is 1. The second-order valence-electron chi connectivity index (χ2n) is 5.76. The molecular formula is C16H23F2N3O. The van der Waals surface area contributed by atoms with E-state index in [1.165, 1.54) is 6.07 Å². The van der Waals surface area contributed by atoms with E-state index >= 15 is 0 Å². The summed E-state index contributed by atoms with van der Waals surface area (Å²) in [7, 11) is 0. The van der Waals surface area contributed by atoms with Crippen LogP contribution in [0.3, 0.4) is 0 Å². The molecule has 1 saturated heterocycles. The van der Waals surface area contributed by atoms with Gasteiger partial charge < -0.3 is 11.1 Å². The molecule has 3 N–H and O–H groups in total. The molecule has 0 radical (unpaired) electrons. The van der Waals surface area contributed by atoms with Gasteiger partial charge in [0.05, 0.1) is 5.92 Å². The summed E-state index contributed by atoms with van der Waals surface area (Å²) in [5.41, 5.74) is 5.72. The minimum absolute atomic E-state index is 0.0120. The standard InChI is InChI=1S/C16H23F2N3O/c1-11(14-9-13(17)4-5-15(14)18)21-8-2-3-12(10-21)16(22)20-7-6-19/h4-5,9,11-12H,2-3,6-8,10,19H2,1H3,(H,20,22). The Kier molecular flexibility index (Phi) is 5.85. The van der Waals surface area contributed by atoms with Crippen LogP contribution >= 0.6 is 0 Å². The fourth-order valence-corrected chi connectivity index (χ4v) is 2.94. The van der Waals surface area contributed by atoms with Crippen LogP contribution in [0.5, 0.6) is 0 Å². The van der Waals surface area contributed by atoms with Gasteiger partial charge >= 0.3 is 0 Å². The fourth-order valence-electron chi connectivity index (χ4n) is 2.94. The molecule has 1 aromatic rings. The number of hydrogen-bond donors (Lipinski definition) is 2. The van der Waals surface area contributed by atoms with E-state index in [1.807, 2.05) is 11.8 Å². The molecule has 0 aromatic heterocycles. The zero-order valence-electron chi connectivity index (χ0n) is 12.8. The van der Waals surface area contributed by atoms with E-state index in [1.54, 1.807) is 0 Å². The third kappa shape index (κ3) is 4.01. The maximum atomic E-state index is 13.9. The summed E-state index contributed by atoms with van der Waals surface area (Å²) in [6.07, 6.45) is 1.67. The minimum Gasteiger partial charge on any atom is -0.355 e. The monoisotopic (exact) mass is 311 g/mol. The molecule has 22 heavy (non-hydrogen) atoms. The lowest BCUT2D eigenvalue weighted by molar-refractivity contribution is -0.126. The average molecular weight is 311 g/mol. The van der Waals surface area contributed by atoms with Gasteiger partial charge in [-0.05, 0) is 44.5 Å². The predicted molar refractivity (Wildman–Crippen MR) is 81.1 cm³/mol. The van der Waals surface area contributed by atoms with Gasteiger partial charge in [-0.3, -0.25) is 9.69 Å². The second kappa shape index (κ2) is 7.65. The van der Waals surface area contributed by atoms with Crippen molar-refractivity contribution in [2.45, 2.75) is 25.8 Å². The Morgan fingerprint density at radius 1 is 1.50 bits per heavy atom. The van der Waals surface area contributed by atoms with Gasteiger partial charge in [-0.1, -0.05) is 0 Å². The van der Waals surface area contributed by atoms with Gasteiger partial charge in [0.25, 0.3) is 0 Å². The lowest BCUT2D eigenvalue weighted by atomic mass is 9.94. The van der Waals surface area contributed by atoms with Gasteiger partial charge in [-0.2, -0.15) is 0 Å². The largest absolute Gasteiger partial charge is 0.355 e. The lowest BCUT2D eigenvalue weighted by Gasteiger charge is -2.36. The van der Waals surface area contributed by atoms with Crippen molar-refractivity contribution < 1.29 is 13.6 Å². The molecule has 0 spiro atoms. The molecule has 1 aromatic carbocycles. The highest BCUT2D eigenvalue weighted by Crippen LogP contribution is 2.28. The molecule has 2 unspecified atom stereocenters. The highest BCUT2D eigenvalue weighted by atomic mass is 19.1. The molecule has 2 atom stereocenters. The van der Waals surface area contributed by atoms with Crippen LogP contribution in [0, 0.1) is 17.6 Å². The van der Waals surface area contributed by atoms with E-state index in [0.717, 1.165) is 31.5 Å². The number of nitrogens with zero attached hydrogens (tertiary/aromatic N) is 1. The number of carbonyl (C=O) groups excluding carboxylic acids is 1. The van der Waals surface area contributed by atoms with E-state index in [-0.39, 0.29) is 17.9 Å². The normalized spacial score (nSPS) is 20.6. The summed E-state index contributed by atoms with van der Waals surface area (Å²) >= 11 is 0. The Labute approximate surface area is 129 Å². The van der Waals surface area contributed by atoms with E-state index in [2.05, 4.69) is 5.32 Å². The number of benzene rings is 1. The molecule has 1 fully saturated rings. The van der Waals surface area contributed by atoms with Crippen molar-refractivity contribution in [1.29, 1.82) is 0 Å². The summed E-state index contributed by atoms with van der Waals surface area (Å²) in [5, 5.41) is 2.80. The average Bonchev–Trinajstić information content (AvgIpc) is 2.54. The SMILES string of the molecule is CC(c1cc(F)ccc1F)N1CCCC(C(=O)NCCN)C1. The first-order valence-corrected chi connectivity index (χ1v) is 7.69. The molecule has 2 rings (SSSR count). The summed E-state index contributed by atoms with van der Waals surface area (Å²) in [5.74, 6) is -0.998. The third-order valence-corrected chi connectivity index (χ3v) is 4.22. The summed E-state index contributed by atoms with van der Waals surface area (Å²) in [6.45, 7) is 4.04. The molecule has 1 amide bonds. The van der Waals surface area contributed by atoms with Gasteiger partial charge in [0.1, 0.15) is 11.6 Å². The smallest absolute Gasteiger partial charge is 0.224 e. The van der Waals surface area contributed by atoms with E-state index in [0.29, 0.717) is 25.2 Å².